The van der Waals surface area contributed by atoms with Gasteiger partial charge < -0.3 is 29.8 Å². The van der Waals surface area contributed by atoms with Crippen LogP contribution in [0.4, 0.5) is 14.5 Å². The van der Waals surface area contributed by atoms with E-state index in [9.17, 15) is 8.78 Å². The Kier molecular flexibility index (Phi) is 9.64. The molecule has 36 heavy (non-hydrogen) atoms. The molecule has 3 aromatic rings. The van der Waals surface area contributed by atoms with Crippen LogP contribution in [0, 0.1) is 17.6 Å². The molecule has 0 spiro atoms. The molecule has 0 amide bonds. The van der Waals surface area contributed by atoms with Crippen LogP contribution in [0.1, 0.15) is 6.92 Å². The van der Waals surface area contributed by atoms with E-state index in [0.29, 0.717) is 29.2 Å². The van der Waals surface area contributed by atoms with Crippen LogP contribution in [-0.2, 0) is 11.5 Å². The van der Waals surface area contributed by atoms with Crippen molar-refractivity contribution in [3.8, 4) is 11.5 Å². The molecule has 1 aromatic carbocycles. The van der Waals surface area contributed by atoms with E-state index in [-0.39, 0.29) is 35.8 Å². The van der Waals surface area contributed by atoms with E-state index in [1.54, 1.807) is 10.8 Å². The van der Waals surface area contributed by atoms with Gasteiger partial charge in [0.2, 0.25) is 0 Å². The van der Waals surface area contributed by atoms with Gasteiger partial charge in [-0.3, -0.25) is 0 Å². The predicted molar refractivity (Wildman–Crippen MR) is 146 cm³/mol. The highest BCUT2D eigenvalue weighted by Gasteiger charge is 2.19. The summed E-state index contributed by atoms with van der Waals surface area (Å²) in [6.45, 7) is 9.93. The number of aromatic nitrogens is 2. The summed E-state index contributed by atoms with van der Waals surface area (Å²) >= 11 is 11.6. The van der Waals surface area contributed by atoms with Gasteiger partial charge in [0.25, 0.3) is 0 Å². The van der Waals surface area contributed by atoms with E-state index in [0.717, 1.165) is 18.2 Å². The van der Waals surface area contributed by atoms with Crippen LogP contribution >= 0.6 is 23.8 Å². The fourth-order valence-electron chi connectivity index (χ4n) is 3.21. The number of pyridine rings is 1. The molecule has 7 nitrogen and oxygen atoms in total. The number of ether oxygens (including phenoxy) is 2. The van der Waals surface area contributed by atoms with Gasteiger partial charge in [-0.2, -0.15) is 0 Å². The number of fused-ring (bicyclic) bond motifs is 1. The zero-order chi connectivity index (χ0) is 26.5. The Morgan fingerprint density at radius 1 is 1.28 bits per heavy atom. The first-order valence-electron chi connectivity index (χ1n) is 11.5. The molecule has 0 aliphatic heterocycles. The Bertz CT molecular complexity index is 1200. The van der Waals surface area contributed by atoms with E-state index in [2.05, 4.69) is 35.3 Å². The number of nitrogens with one attached hydrogen (secondary N) is 2. The zero-order valence-electron chi connectivity index (χ0n) is 20.7. The SMILES string of the molecule is C[C@@H](CO)CNC(=S)Nc1cc(F)c(Oc2ccnc3c2c(Cl)cn3COCC[Si](C)(C)C)c(F)c1. The van der Waals surface area contributed by atoms with Crippen LogP contribution in [0.2, 0.25) is 30.7 Å². The van der Waals surface area contributed by atoms with Crippen molar-refractivity contribution >= 4 is 53.7 Å². The van der Waals surface area contributed by atoms with Gasteiger partial charge in [0.05, 0.1) is 10.4 Å². The van der Waals surface area contributed by atoms with Crippen LogP contribution in [0.5, 0.6) is 11.5 Å². The standard InChI is InChI=1S/C24H31ClF2N4O3SSi/c1-15(13-32)11-29-24(35)30-16-9-18(26)22(19(27)10-16)34-20-5-6-28-23-21(20)17(25)12-31(23)14-33-7-8-36(2,3)4/h5-6,9-10,12,15,32H,7-8,11,13-14H2,1-4H3,(H2,29,30,35)/t15-/m1/s1. The lowest BCUT2D eigenvalue weighted by atomic mass is 10.2. The summed E-state index contributed by atoms with van der Waals surface area (Å²) < 4.78 is 42.9. The molecule has 2 aromatic heterocycles. The van der Waals surface area contributed by atoms with E-state index in [4.69, 9.17) is 38.4 Å². The molecule has 0 saturated carbocycles. The number of hydrogen-bond donors (Lipinski definition) is 3. The van der Waals surface area contributed by atoms with Gasteiger partial charge in [0, 0.05) is 58.0 Å². The maximum Gasteiger partial charge on any atom is 0.198 e. The number of aliphatic hydroxyl groups excluding tert-OH is 1. The Hall–Kier alpha value is -2.31. The molecule has 3 N–H and O–H groups in total. The third-order valence-electron chi connectivity index (χ3n) is 5.29. The highest BCUT2D eigenvalue weighted by molar-refractivity contribution is 7.80. The largest absolute Gasteiger partial charge is 0.450 e. The third-order valence-corrected chi connectivity index (χ3v) is 7.53. The highest BCUT2D eigenvalue weighted by atomic mass is 35.5. The van der Waals surface area contributed by atoms with Crippen LogP contribution in [0.15, 0.2) is 30.6 Å². The van der Waals surface area contributed by atoms with E-state index < -0.39 is 25.5 Å². The number of thiocarbonyl (C=S) groups is 1. The molecule has 0 saturated heterocycles. The smallest absolute Gasteiger partial charge is 0.198 e. The Balaban J connectivity index is 1.76. The van der Waals surface area contributed by atoms with Crippen molar-refractivity contribution in [1.29, 1.82) is 0 Å². The number of anilines is 1. The number of hydrogen-bond acceptors (Lipinski definition) is 5. The van der Waals surface area contributed by atoms with Crippen molar-refractivity contribution in [1.82, 2.24) is 14.9 Å². The molecular formula is C24H31ClF2N4O3SSi. The minimum atomic E-state index is -1.22. The monoisotopic (exact) mass is 556 g/mol. The molecule has 196 valence electrons. The molecule has 12 heteroatoms. The topological polar surface area (TPSA) is 80.6 Å². The van der Waals surface area contributed by atoms with Crippen molar-refractivity contribution in [2.24, 2.45) is 5.92 Å². The number of aliphatic hydroxyl groups is 1. The van der Waals surface area contributed by atoms with Crippen LogP contribution in [0.25, 0.3) is 11.0 Å². The minimum Gasteiger partial charge on any atom is -0.450 e. The molecule has 3 rings (SSSR count). The van der Waals surface area contributed by atoms with Gasteiger partial charge in [-0.15, -0.1) is 0 Å². The summed E-state index contributed by atoms with van der Waals surface area (Å²) in [5.74, 6) is -2.27. The average molecular weight is 557 g/mol. The lowest BCUT2D eigenvalue weighted by Gasteiger charge is -2.16. The first-order chi connectivity index (χ1) is 17.0. The Morgan fingerprint density at radius 2 is 1.97 bits per heavy atom. The molecule has 0 fully saturated rings. The molecule has 0 unspecified atom stereocenters. The van der Waals surface area contributed by atoms with Gasteiger partial charge in [0.1, 0.15) is 18.1 Å². The van der Waals surface area contributed by atoms with Crippen molar-refractivity contribution in [2.75, 3.05) is 25.1 Å². The number of halogens is 3. The average Bonchev–Trinajstić information content (AvgIpc) is 3.13. The van der Waals surface area contributed by atoms with Crippen LogP contribution < -0.4 is 15.4 Å². The second-order valence-corrected chi connectivity index (χ2v) is 16.2. The van der Waals surface area contributed by atoms with Crippen molar-refractivity contribution in [3.63, 3.8) is 0 Å². The van der Waals surface area contributed by atoms with E-state index >= 15 is 0 Å². The fraction of sp³-hybridized carbons (Fsp3) is 0.417. The third kappa shape index (κ3) is 7.59. The summed E-state index contributed by atoms with van der Waals surface area (Å²) in [6.07, 6.45) is 3.14. The Morgan fingerprint density at radius 3 is 2.61 bits per heavy atom. The van der Waals surface area contributed by atoms with Gasteiger partial charge in [-0.1, -0.05) is 38.2 Å². The molecule has 1 atom stereocenters. The first kappa shape index (κ1) is 28.3. The number of benzene rings is 1. The lowest BCUT2D eigenvalue weighted by molar-refractivity contribution is 0.0899. The predicted octanol–water partition coefficient (Wildman–Crippen LogP) is 5.99. The maximum absolute atomic E-state index is 14.9. The Labute approximate surface area is 220 Å². The van der Waals surface area contributed by atoms with Crippen molar-refractivity contribution < 1.29 is 23.4 Å². The molecule has 0 aliphatic rings. The van der Waals surface area contributed by atoms with Crippen LogP contribution in [-0.4, -0.2) is 47.6 Å². The van der Waals surface area contributed by atoms with Crippen LogP contribution in [0.3, 0.4) is 0 Å². The summed E-state index contributed by atoms with van der Waals surface area (Å²) in [5.41, 5.74) is 0.601. The normalized spacial score (nSPS) is 12.6. The van der Waals surface area contributed by atoms with Gasteiger partial charge >= 0.3 is 0 Å². The van der Waals surface area contributed by atoms with E-state index in [1.807, 2.05) is 6.92 Å². The summed E-state index contributed by atoms with van der Waals surface area (Å²) in [6, 6.07) is 4.68. The molecule has 0 radical (unpaired) electrons. The summed E-state index contributed by atoms with van der Waals surface area (Å²) in [4.78, 5) is 4.35. The maximum atomic E-state index is 14.9. The lowest BCUT2D eigenvalue weighted by Crippen LogP contribution is -2.33. The second-order valence-electron chi connectivity index (χ2n) is 9.80. The molecule has 0 aliphatic carbocycles. The first-order valence-corrected chi connectivity index (χ1v) is 16.0. The van der Waals surface area contributed by atoms with Gasteiger partial charge in [-0.25, -0.2) is 13.8 Å². The number of nitrogens with zero attached hydrogens (tertiary/aromatic N) is 2. The quantitative estimate of drug-likeness (QED) is 0.152. The van der Waals surface area contributed by atoms with Gasteiger partial charge in [-0.05, 0) is 30.2 Å². The number of rotatable bonds is 11. The molecule has 0 bridgehead atoms. The molecule has 2 heterocycles. The highest BCUT2D eigenvalue weighted by Crippen LogP contribution is 2.37. The van der Waals surface area contributed by atoms with Crippen molar-refractivity contribution in [2.45, 2.75) is 39.3 Å². The fourth-order valence-corrected chi connectivity index (χ4v) is 4.46. The summed E-state index contributed by atoms with van der Waals surface area (Å²) in [7, 11) is -1.22. The van der Waals surface area contributed by atoms with E-state index in [1.165, 1.54) is 12.3 Å². The zero-order valence-corrected chi connectivity index (χ0v) is 23.3. The van der Waals surface area contributed by atoms with Gasteiger partial charge in [0.15, 0.2) is 22.5 Å². The minimum absolute atomic E-state index is 0.00773. The second kappa shape index (κ2) is 12.3. The van der Waals surface area contributed by atoms with Crippen molar-refractivity contribution in [3.05, 3.63) is 47.2 Å². The molecular weight excluding hydrogens is 526 g/mol. The summed E-state index contributed by atoms with van der Waals surface area (Å²) in [5, 5.41) is 15.6.